The zero-order chi connectivity index (χ0) is 11.4. The van der Waals surface area contributed by atoms with Crippen LogP contribution in [0.3, 0.4) is 0 Å². The molecule has 0 aliphatic heterocycles. The molecule has 0 aromatic heterocycles. The Morgan fingerprint density at radius 1 is 1.21 bits per heavy atom. The van der Waals surface area contributed by atoms with Crippen molar-refractivity contribution in [1.82, 2.24) is 0 Å². The molecule has 0 saturated carbocycles. The highest BCUT2D eigenvalue weighted by Crippen LogP contribution is 2.37. The summed E-state index contributed by atoms with van der Waals surface area (Å²) in [5, 5.41) is 10.4. The Labute approximate surface area is 88.9 Å². The second kappa shape index (κ2) is 4.84. The van der Waals surface area contributed by atoms with E-state index in [2.05, 4.69) is 39.5 Å². The van der Waals surface area contributed by atoms with E-state index in [0.29, 0.717) is 0 Å². The van der Waals surface area contributed by atoms with E-state index >= 15 is 0 Å². The van der Waals surface area contributed by atoms with Crippen molar-refractivity contribution < 1.29 is 5.11 Å². The minimum atomic E-state index is -0.623. The van der Waals surface area contributed by atoms with Gasteiger partial charge in [0.15, 0.2) is 0 Å². The van der Waals surface area contributed by atoms with Gasteiger partial charge in [0, 0.05) is 6.42 Å². The summed E-state index contributed by atoms with van der Waals surface area (Å²) in [6.07, 6.45) is 1.84. The Balaban J connectivity index is 4.33. The molecule has 14 heavy (non-hydrogen) atoms. The van der Waals surface area contributed by atoms with Crippen molar-refractivity contribution in [2.75, 3.05) is 0 Å². The Hall–Kier alpha value is -0.480. The van der Waals surface area contributed by atoms with Gasteiger partial charge >= 0.3 is 0 Å². The fourth-order valence-electron chi connectivity index (χ4n) is 1.43. The van der Waals surface area contributed by atoms with Crippen molar-refractivity contribution in [2.45, 2.75) is 60.0 Å². The van der Waals surface area contributed by atoms with Crippen molar-refractivity contribution >= 4 is 0 Å². The largest absolute Gasteiger partial charge is 0.389 e. The van der Waals surface area contributed by atoms with E-state index in [4.69, 9.17) is 0 Å². The molecule has 2 atom stereocenters. The van der Waals surface area contributed by atoms with Gasteiger partial charge in [0.2, 0.25) is 0 Å². The topological polar surface area (TPSA) is 20.2 Å². The lowest BCUT2D eigenvalue weighted by molar-refractivity contribution is -0.0855. The van der Waals surface area contributed by atoms with Crippen molar-refractivity contribution in [1.29, 1.82) is 0 Å². The first-order valence-electron chi connectivity index (χ1n) is 5.35. The maximum atomic E-state index is 10.4. The molecule has 0 heterocycles. The summed E-state index contributed by atoms with van der Waals surface area (Å²) in [5.74, 6) is 6.20. The molecular weight excluding hydrogens is 172 g/mol. The zero-order valence-corrected chi connectivity index (χ0v) is 10.4. The molecule has 0 aromatic rings. The maximum Gasteiger partial charge on any atom is 0.0693 e. The molecule has 1 heteroatoms. The van der Waals surface area contributed by atoms with Gasteiger partial charge in [-0.2, -0.15) is 0 Å². The molecule has 0 radical (unpaired) electrons. The highest BCUT2D eigenvalue weighted by molar-refractivity contribution is 4.97. The molecule has 1 nitrogen and oxygen atoms in total. The van der Waals surface area contributed by atoms with E-state index in [1.54, 1.807) is 0 Å². The Bertz CT molecular complexity index is 222. The van der Waals surface area contributed by atoms with Crippen LogP contribution >= 0.6 is 0 Å². The third-order valence-corrected chi connectivity index (χ3v) is 3.36. The Kier molecular flexibility index (Phi) is 4.68. The van der Waals surface area contributed by atoms with Crippen molar-refractivity contribution in [3.63, 3.8) is 0 Å². The van der Waals surface area contributed by atoms with Gasteiger partial charge in [0.05, 0.1) is 5.60 Å². The monoisotopic (exact) mass is 196 g/mol. The van der Waals surface area contributed by atoms with Crippen molar-refractivity contribution in [3.05, 3.63) is 0 Å². The molecule has 82 valence electrons. The quantitative estimate of drug-likeness (QED) is 0.687. The van der Waals surface area contributed by atoms with E-state index < -0.39 is 5.60 Å². The number of aliphatic hydroxyl groups is 1. The van der Waals surface area contributed by atoms with E-state index in [-0.39, 0.29) is 11.3 Å². The molecule has 2 unspecified atom stereocenters. The average molecular weight is 196 g/mol. The van der Waals surface area contributed by atoms with Crippen molar-refractivity contribution in [2.24, 2.45) is 11.3 Å². The van der Waals surface area contributed by atoms with Gasteiger partial charge in [-0.3, -0.25) is 0 Å². The fourth-order valence-corrected chi connectivity index (χ4v) is 1.43. The van der Waals surface area contributed by atoms with Gasteiger partial charge in [-0.05, 0) is 31.6 Å². The second-order valence-corrected chi connectivity index (χ2v) is 5.26. The summed E-state index contributed by atoms with van der Waals surface area (Å²) in [6.45, 7) is 12.1. The lowest BCUT2D eigenvalue weighted by Crippen LogP contribution is -2.45. The molecular formula is C13H24O. The summed E-state index contributed by atoms with van der Waals surface area (Å²) < 4.78 is 0. The van der Waals surface area contributed by atoms with Gasteiger partial charge in [0.1, 0.15) is 0 Å². The van der Waals surface area contributed by atoms with Crippen LogP contribution in [0.25, 0.3) is 0 Å². The third kappa shape index (κ3) is 3.35. The summed E-state index contributed by atoms with van der Waals surface area (Å²) in [5.41, 5.74) is -0.700. The lowest BCUT2D eigenvalue weighted by Gasteiger charge is -2.42. The van der Waals surface area contributed by atoms with Crippen LogP contribution in [0.1, 0.15) is 54.4 Å². The summed E-state index contributed by atoms with van der Waals surface area (Å²) >= 11 is 0. The van der Waals surface area contributed by atoms with Crippen LogP contribution in [0.2, 0.25) is 0 Å². The minimum absolute atomic E-state index is 0.0773. The van der Waals surface area contributed by atoms with E-state index in [9.17, 15) is 5.11 Å². The smallest absolute Gasteiger partial charge is 0.0693 e. The highest BCUT2D eigenvalue weighted by atomic mass is 16.3. The highest BCUT2D eigenvalue weighted by Gasteiger charge is 2.39. The molecule has 0 saturated heterocycles. The summed E-state index contributed by atoms with van der Waals surface area (Å²) in [4.78, 5) is 0. The van der Waals surface area contributed by atoms with E-state index in [0.717, 1.165) is 12.8 Å². The van der Waals surface area contributed by atoms with Gasteiger partial charge in [-0.15, -0.1) is 11.8 Å². The first-order valence-corrected chi connectivity index (χ1v) is 5.35. The summed E-state index contributed by atoms with van der Waals surface area (Å²) in [7, 11) is 0. The molecule has 0 spiro atoms. The second-order valence-electron chi connectivity index (χ2n) is 5.26. The van der Waals surface area contributed by atoms with Crippen LogP contribution in [-0.4, -0.2) is 10.7 Å². The molecule has 0 aromatic carbocycles. The molecule has 0 aliphatic rings. The third-order valence-electron chi connectivity index (χ3n) is 3.36. The van der Waals surface area contributed by atoms with Crippen LogP contribution < -0.4 is 0 Å². The molecule has 0 amide bonds. The molecule has 0 rings (SSSR count). The first kappa shape index (κ1) is 13.5. The van der Waals surface area contributed by atoms with Crippen LogP contribution in [0.4, 0.5) is 0 Å². The van der Waals surface area contributed by atoms with Gasteiger partial charge < -0.3 is 5.11 Å². The standard InChI is InChI=1S/C13H24O/c1-7-8-9-10-11(2)13(6,14)12(3,4)5/h11,14H,9-10H2,1-6H3. The molecule has 0 aliphatic carbocycles. The SMILES string of the molecule is CC#CCCC(C)C(C)(O)C(C)(C)C. The van der Waals surface area contributed by atoms with Crippen molar-refractivity contribution in [3.8, 4) is 11.8 Å². The first-order chi connectivity index (χ1) is 6.23. The van der Waals surface area contributed by atoms with Crippen LogP contribution in [0, 0.1) is 23.2 Å². The molecule has 0 fully saturated rings. The average Bonchev–Trinajstić information content (AvgIpc) is 2.02. The number of rotatable bonds is 3. The maximum absolute atomic E-state index is 10.4. The van der Waals surface area contributed by atoms with E-state index in [1.165, 1.54) is 0 Å². The number of hydrogen-bond donors (Lipinski definition) is 1. The zero-order valence-electron chi connectivity index (χ0n) is 10.4. The van der Waals surface area contributed by atoms with Gasteiger partial charge in [-0.25, -0.2) is 0 Å². The van der Waals surface area contributed by atoms with E-state index in [1.807, 2.05) is 13.8 Å². The van der Waals surface area contributed by atoms with Crippen LogP contribution in [-0.2, 0) is 0 Å². The molecule has 0 bridgehead atoms. The van der Waals surface area contributed by atoms with Crippen LogP contribution in [0.5, 0.6) is 0 Å². The minimum Gasteiger partial charge on any atom is -0.389 e. The normalized spacial score (nSPS) is 17.9. The number of hydrogen-bond acceptors (Lipinski definition) is 1. The van der Waals surface area contributed by atoms with Crippen LogP contribution in [0.15, 0.2) is 0 Å². The predicted molar refractivity (Wildman–Crippen MR) is 61.9 cm³/mol. The Morgan fingerprint density at radius 2 is 1.71 bits per heavy atom. The van der Waals surface area contributed by atoms with Gasteiger partial charge in [0.25, 0.3) is 0 Å². The van der Waals surface area contributed by atoms with Gasteiger partial charge in [-0.1, -0.05) is 27.7 Å². The fraction of sp³-hybridized carbons (Fsp3) is 0.846. The predicted octanol–water partition coefficient (Wildman–Crippen LogP) is 3.22. The molecule has 1 N–H and O–H groups in total. The Morgan fingerprint density at radius 3 is 2.07 bits per heavy atom. The lowest BCUT2D eigenvalue weighted by atomic mass is 9.69. The summed E-state index contributed by atoms with van der Waals surface area (Å²) in [6, 6.07) is 0.